The topological polar surface area (TPSA) is 76.7 Å². The molecule has 27 heavy (non-hydrogen) atoms. The minimum Gasteiger partial charge on any atom is -0.494 e. The molecule has 0 spiro atoms. The number of methoxy groups -OCH3 is 1. The molecule has 0 aliphatic carbocycles. The van der Waals surface area contributed by atoms with Crippen LogP contribution in [0.25, 0.3) is 6.08 Å². The van der Waals surface area contributed by atoms with Gasteiger partial charge in [-0.1, -0.05) is 6.07 Å². The monoisotopic (exact) mass is 376 g/mol. The molecule has 0 aliphatic heterocycles. The number of ether oxygens (including phenoxy) is 2. The van der Waals surface area contributed by atoms with Crippen LogP contribution in [0.2, 0.25) is 0 Å². The number of carbonyl (C=O) groups is 2. The summed E-state index contributed by atoms with van der Waals surface area (Å²) in [5.41, 5.74) is 4.83. The Morgan fingerprint density at radius 1 is 1.07 bits per heavy atom. The van der Waals surface area contributed by atoms with Crippen LogP contribution in [0.3, 0.4) is 0 Å². The summed E-state index contributed by atoms with van der Waals surface area (Å²) < 4.78 is 36.5. The summed E-state index contributed by atoms with van der Waals surface area (Å²) in [7, 11) is 1.35. The van der Waals surface area contributed by atoms with Gasteiger partial charge in [-0.3, -0.25) is 20.4 Å². The Morgan fingerprint density at radius 3 is 2.41 bits per heavy atom. The summed E-state index contributed by atoms with van der Waals surface area (Å²) in [4.78, 5) is 23.6. The van der Waals surface area contributed by atoms with Crippen LogP contribution in [0.4, 0.5) is 8.78 Å². The lowest BCUT2D eigenvalue weighted by Gasteiger charge is -2.14. The van der Waals surface area contributed by atoms with Crippen LogP contribution >= 0.6 is 0 Å². The molecule has 6 nitrogen and oxygen atoms in total. The number of hydrogen-bond donors (Lipinski definition) is 2. The van der Waals surface area contributed by atoms with Crippen LogP contribution in [0.5, 0.6) is 11.5 Å². The van der Waals surface area contributed by atoms with Crippen molar-refractivity contribution in [2.75, 3.05) is 7.11 Å². The first-order chi connectivity index (χ1) is 12.9. The average molecular weight is 376 g/mol. The summed E-state index contributed by atoms with van der Waals surface area (Å²) in [5.74, 6) is -1.79. The van der Waals surface area contributed by atoms with E-state index in [0.717, 1.165) is 6.08 Å². The minimum absolute atomic E-state index is 0.0963. The smallest absolute Gasteiger partial charge is 0.279 e. The predicted octanol–water partition coefficient (Wildman–Crippen LogP) is 2.60. The third-order valence-corrected chi connectivity index (χ3v) is 3.41. The second-order valence-electron chi connectivity index (χ2n) is 5.42. The van der Waals surface area contributed by atoms with Crippen molar-refractivity contribution in [3.8, 4) is 11.5 Å². The van der Waals surface area contributed by atoms with Crippen LogP contribution < -0.4 is 20.3 Å². The van der Waals surface area contributed by atoms with Gasteiger partial charge < -0.3 is 9.47 Å². The van der Waals surface area contributed by atoms with Gasteiger partial charge >= 0.3 is 0 Å². The lowest BCUT2D eigenvalue weighted by atomic mass is 10.2. The highest BCUT2D eigenvalue weighted by Gasteiger charge is 2.15. The molecule has 1 atom stereocenters. The highest BCUT2D eigenvalue weighted by Crippen LogP contribution is 2.18. The van der Waals surface area contributed by atoms with Crippen molar-refractivity contribution >= 4 is 17.9 Å². The molecule has 142 valence electrons. The second-order valence-corrected chi connectivity index (χ2v) is 5.42. The van der Waals surface area contributed by atoms with Crippen LogP contribution in [-0.2, 0) is 9.59 Å². The molecule has 0 saturated carbocycles. The van der Waals surface area contributed by atoms with Gasteiger partial charge in [0.1, 0.15) is 11.6 Å². The molecule has 0 radical (unpaired) electrons. The van der Waals surface area contributed by atoms with E-state index in [1.165, 1.54) is 56.5 Å². The summed E-state index contributed by atoms with van der Waals surface area (Å²) in [6.07, 6.45) is 1.59. The highest BCUT2D eigenvalue weighted by atomic mass is 19.1. The average Bonchev–Trinajstić information content (AvgIpc) is 2.66. The van der Waals surface area contributed by atoms with Gasteiger partial charge in [-0.25, -0.2) is 8.78 Å². The lowest BCUT2D eigenvalue weighted by Crippen LogP contribution is -2.46. The van der Waals surface area contributed by atoms with Crippen molar-refractivity contribution in [3.63, 3.8) is 0 Å². The lowest BCUT2D eigenvalue weighted by molar-refractivity contribution is -0.131. The Morgan fingerprint density at radius 2 is 1.78 bits per heavy atom. The molecule has 0 unspecified atom stereocenters. The molecular formula is C19H18F2N2O4. The first-order valence-electron chi connectivity index (χ1n) is 7.92. The van der Waals surface area contributed by atoms with Gasteiger partial charge in [0.2, 0.25) is 0 Å². The summed E-state index contributed by atoms with van der Waals surface area (Å²) in [5, 5.41) is 0. The zero-order chi connectivity index (χ0) is 19.8. The number of hydrogen-bond acceptors (Lipinski definition) is 4. The number of nitrogens with one attached hydrogen (secondary N) is 2. The Balaban J connectivity index is 1.82. The largest absolute Gasteiger partial charge is 0.494 e. The molecule has 0 aromatic heterocycles. The maximum atomic E-state index is 13.6. The first kappa shape index (κ1) is 19.9. The summed E-state index contributed by atoms with van der Waals surface area (Å²) >= 11 is 0. The Hall–Kier alpha value is -3.42. The van der Waals surface area contributed by atoms with Crippen LogP contribution in [0.15, 0.2) is 48.5 Å². The fourth-order valence-electron chi connectivity index (χ4n) is 2.00. The fraction of sp³-hybridized carbons (Fsp3) is 0.158. The molecule has 0 aliphatic rings. The van der Waals surface area contributed by atoms with Gasteiger partial charge in [0, 0.05) is 6.08 Å². The van der Waals surface area contributed by atoms with Crippen LogP contribution in [-0.4, -0.2) is 25.0 Å². The third-order valence-electron chi connectivity index (χ3n) is 3.41. The van der Waals surface area contributed by atoms with Gasteiger partial charge in [0.25, 0.3) is 11.8 Å². The van der Waals surface area contributed by atoms with Gasteiger partial charge in [0.05, 0.1) is 7.11 Å². The molecular weight excluding hydrogens is 358 g/mol. The first-order valence-corrected chi connectivity index (χ1v) is 7.92. The van der Waals surface area contributed by atoms with Crippen molar-refractivity contribution in [3.05, 3.63) is 65.7 Å². The third kappa shape index (κ3) is 6.10. The maximum absolute atomic E-state index is 13.6. The molecule has 8 heteroatoms. The van der Waals surface area contributed by atoms with Gasteiger partial charge in [-0.15, -0.1) is 0 Å². The van der Waals surface area contributed by atoms with Gasteiger partial charge in [-0.05, 0) is 55.0 Å². The molecule has 0 bridgehead atoms. The van der Waals surface area contributed by atoms with Gasteiger partial charge in [-0.2, -0.15) is 0 Å². The predicted molar refractivity (Wildman–Crippen MR) is 94.8 cm³/mol. The quantitative estimate of drug-likeness (QED) is 0.600. The molecule has 2 aromatic carbocycles. The van der Waals surface area contributed by atoms with Crippen molar-refractivity contribution in [1.82, 2.24) is 10.9 Å². The van der Waals surface area contributed by atoms with E-state index >= 15 is 0 Å². The van der Waals surface area contributed by atoms with Crippen LogP contribution in [0.1, 0.15) is 12.5 Å². The van der Waals surface area contributed by atoms with E-state index in [2.05, 4.69) is 10.9 Å². The number of rotatable bonds is 6. The van der Waals surface area contributed by atoms with E-state index in [1.807, 2.05) is 0 Å². The summed E-state index contributed by atoms with van der Waals surface area (Å²) in [6.45, 7) is 1.47. The highest BCUT2D eigenvalue weighted by molar-refractivity contribution is 5.93. The van der Waals surface area contributed by atoms with Crippen molar-refractivity contribution in [2.24, 2.45) is 0 Å². The maximum Gasteiger partial charge on any atom is 0.279 e. The fourth-order valence-corrected chi connectivity index (χ4v) is 2.00. The zero-order valence-electron chi connectivity index (χ0n) is 14.7. The Labute approximate surface area is 154 Å². The number of carbonyl (C=O) groups excluding carboxylic acids is 2. The number of halogens is 2. The zero-order valence-corrected chi connectivity index (χ0v) is 14.7. The van der Waals surface area contributed by atoms with E-state index in [4.69, 9.17) is 9.47 Å². The van der Waals surface area contributed by atoms with E-state index in [0.29, 0.717) is 11.3 Å². The molecule has 2 N–H and O–H groups in total. The van der Waals surface area contributed by atoms with E-state index in [1.54, 1.807) is 6.07 Å². The van der Waals surface area contributed by atoms with Crippen molar-refractivity contribution in [2.45, 2.75) is 13.0 Å². The van der Waals surface area contributed by atoms with E-state index in [9.17, 15) is 18.4 Å². The number of amides is 2. The summed E-state index contributed by atoms with van der Waals surface area (Å²) in [6, 6.07) is 9.39. The van der Waals surface area contributed by atoms with E-state index < -0.39 is 29.6 Å². The normalized spacial score (nSPS) is 11.7. The molecule has 2 rings (SSSR count). The molecule has 0 heterocycles. The number of hydrazine groups is 1. The Kier molecular flexibility index (Phi) is 6.87. The molecule has 2 amide bonds. The van der Waals surface area contributed by atoms with E-state index in [-0.39, 0.29) is 5.75 Å². The molecule has 2 aromatic rings. The van der Waals surface area contributed by atoms with Crippen molar-refractivity contribution in [1.29, 1.82) is 0 Å². The SMILES string of the molecule is COc1ccc(/C=C/C(=O)NNC(=O)[C@H](C)Oc2ccc(F)cc2)cc1F. The standard InChI is InChI=1S/C19H18F2N2O4/c1-12(27-15-7-5-14(20)6-8-15)19(25)23-22-18(24)10-4-13-3-9-17(26-2)16(21)11-13/h3-12H,1-2H3,(H,22,24)(H,23,25)/b10-4+/t12-/m0/s1. The number of benzene rings is 2. The Bertz CT molecular complexity index is 838. The molecule has 0 fully saturated rings. The minimum atomic E-state index is -0.921. The van der Waals surface area contributed by atoms with Gasteiger partial charge in [0.15, 0.2) is 17.7 Å². The van der Waals surface area contributed by atoms with Crippen LogP contribution in [0, 0.1) is 11.6 Å². The second kappa shape index (κ2) is 9.33. The van der Waals surface area contributed by atoms with Crippen molar-refractivity contribution < 1.29 is 27.8 Å². The molecule has 0 saturated heterocycles.